The number of pyridine rings is 1. The molecule has 3 atom stereocenters. The van der Waals surface area contributed by atoms with Crippen molar-refractivity contribution in [3.63, 3.8) is 0 Å². The lowest BCUT2D eigenvalue weighted by atomic mass is 10.1. The van der Waals surface area contributed by atoms with Gasteiger partial charge in [0.15, 0.2) is 5.82 Å². The lowest BCUT2D eigenvalue weighted by molar-refractivity contribution is -0.119. The van der Waals surface area contributed by atoms with Crippen LogP contribution in [0.1, 0.15) is 51.9 Å². The number of amides is 1. The highest BCUT2D eigenvalue weighted by atomic mass is 31.2. The van der Waals surface area contributed by atoms with Crippen LogP contribution in [0.4, 0.5) is 5.82 Å². The van der Waals surface area contributed by atoms with Crippen molar-refractivity contribution in [1.82, 2.24) is 19.6 Å². The Bertz CT molecular complexity index is 1500. The van der Waals surface area contributed by atoms with Crippen molar-refractivity contribution >= 4 is 41.4 Å². The Labute approximate surface area is 233 Å². The number of nitrogens with zero attached hydrogens (tertiary/aromatic N) is 3. The highest BCUT2D eigenvalue weighted by molar-refractivity contribution is 7.52. The Balaban J connectivity index is 1.68. The molecule has 2 aromatic heterocycles. The molecule has 0 spiro atoms. The second-order valence-electron chi connectivity index (χ2n) is 9.47. The van der Waals surface area contributed by atoms with Gasteiger partial charge in [0.2, 0.25) is 5.91 Å². The van der Waals surface area contributed by atoms with Crippen LogP contribution in [0.3, 0.4) is 0 Å². The summed E-state index contributed by atoms with van der Waals surface area (Å²) >= 11 is 0. The van der Waals surface area contributed by atoms with E-state index in [0.29, 0.717) is 36.7 Å². The van der Waals surface area contributed by atoms with E-state index in [1.165, 1.54) is 6.92 Å². The van der Waals surface area contributed by atoms with Crippen molar-refractivity contribution < 1.29 is 23.1 Å². The van der Waals surface area contributed by atoms with Gasteiger partial charge in [-0.2, -0.15) is 5.09 Å². The number of fused-ring (bicyclic) bond motifs is 3. The molecule has 2 heterocycles. The Morgan fingerprint density at radius 3 is 2.50 bits per heavy atom. The molecular formula is C28H37N6O5P. The zero-order chi connectivity index (χ0) is 28.7. The van der Waals surface area contributed by atoms with Gasteiger partial charge in [0.25, 0.3) is 0 Å². The fourth-order valence-electron chi connectivity index (χ4n) is 4.61. The van der Waals surface area contributed by atoms with Crippen LogP contribution in [0, 0.1) is 0 Å². The lowest BCUT2D eigenvalue weighted by Gasteiger charge is -2.25. The van der Waals surface area contributed by atoms with E-state index in [2.05, 4.69) is 21.6 Å². The topological polar surface area (TPSA) is 157 Å². The maximum atomic E-state index is 13.7. The van der Waals surface area contributed by atoms with Gasteiger partial charge in [-0.05, 0) is 44.9 Å². The van der Waals surface area contributed by atoms with Crippen molar-refractivity contribution in [1.29, 1.82) is 0 Å². The number of primary amides is 1. The number of nitrogens with one attached hydrogen (secondary N) is 1. The molecule has 0 saturated heterocycles. The van der Waals surface area contributed by atoms with Crippen molar-refractivity contribution in [3.8, 4) is 5.75 Å². The quantitative estimate of drug-likeness (QED) is 0.166. The summed E-state index contributed by atoms with van der Waals surface area (Å²) in [7, 11) is -3.96. The first kappa shape index (κ1) is 29.5. The molecule has 4 rings (SSSR count). The number of aromatic nitrogens is 3. The summed E-state index contributed by atoms with van der Waals surface area (Å²) in [5.74, 6) is 0.744. The molecule has 2 aromatic carbocycles. The molecule has 0 aliphatic carbocycles. The summed E-state index contributed by atoms with van der Waals surface area (Å²) < 4.78 is 33.3. The van der Waals surface area contributed by atoms with Crippen molar-refractivity contribution in [2.24, 2.45) is 5.73 Å². The zero-order valence-electron chi connectivity index (χ0n) is 23.1. The van der Waals surface area contributed by atoms with Crippen molar-refractivity contribution in [2.45, 2.75) is 58.7 Å². The number of nitrogen functional groups attached to an aromatic ring is 1. The second kappa shape index (κ2) is 13.2. The summed E-state index contributed by atoms with van der Waals surface area (Å²) in [6, 6.07) is 15.4. The summed E-state index contributed by atoms with van der Waals surface area (Å²) in [6.07, 6.45) is 2.15. The van der Waals surface area contributed by atoms with Crippen LogP contribution in [0.25, 0.3) is 21.9 Å². The average molecular weight is 569 g/mol. The SMILES string of the molecule is CCC[C@H](CCOP(=O)(N[C@@H](C)C(N)=O)Oc1ccccc1)n1c(COCC)nc2c(N)nc3ccccc3c21. The Hall–Kier alpha value is -3.50. The van der Waals surface area contributed by atoms with Gasteiger partial charge >= 0.3 is 7.75 Å². The van der Waals surface area contributed by atoms with E-state index in [1.807, 2.05) is 37.3 Å². The highest BCUT2D eigenvalue weighted by Gasteiger charge is 2.31. The van der Waals surface area contributed by atoms with Gasteiger partial charge in [0, 0.05) is 18.0 Å². The average Bonchev–Trinajstić information content (AvgIpc) is 3.32. The number of nitrogens with two attached hydrogens (primary N) is 2. The number of benzene rings is 2. The monoisotopic (exact) mass is 568 g/mol. The first-order valence-corrected chi connectivity index (χ1v) is 15.0. The van der Waals surface area contributed by atoms with Crippen LogP contribution in [0.5, 0.6) is 5.75 Å². The number of anilines is 1. The van der Waals surface area contributed by atoms with Crippen LogP contribution in [0.2, 0.25) is 0 Å². The van der Waals surface area contributed by atoms with E-state index in [9.17, 15) is 9.36 Å². The molecule has 214 valence electrons. The first-order chi connectivity index (χ1) is 19.3. The predicted molar refractivity (Wildman–Crippen MR) is 156 cm³/mol. The number of hydrogen-bond donors (Lipinski definition) is 3. The number of rotatable bonds is 15. The van der Waals surface area contributed by atoms with Crippen LogP contribution >= 0.6 is 7.75 Å². The molecule has 5 N–H and O–H groups in total. The molecule has 1 amide bonds. The number of carbonyl (C=O) groups is 1. The third-order valence-electron chi connectivity index (χ3n) is 6.51. The van der Waals surface area contributed by atoms with Gasteiger partial charge in [-0.15, -0.1) is 0 Å². The smallest absolute Gasteiger partial charge is 0.413 e. The van der Waals surface area contributed by atoms with E-state index >= 15 is 0 Å². The minimum atomic E-state index is -3.96. The van der Waals surface area contributed by atoms with Crippen LogP contribution < -0.4 is 21.1 Å². The minimum Gasteiger partial charge on any atom is -0.413 e. The van der Waals surface area contributed by atoms with E-state index in [0.717, 1.165) is 35.1 Å². The van der Waals surface area contributed by atoms with Gasteiger partial charge in [0.1, 0.15) is 23.7 Å². The summed E-state index contributed by atoms with van der Waals surface area (Å²) in [6.45, 7) is 6.44. The summed E-state index contributed by atoms with van der Waals surface area (Å²) in [5.41, 5.74) is 14.0. The second-order valence-corrected chi connectivity index (χ2v) is 11.2. The van der Waals surface area contributed by atoms with Crippen LogP contribution in [-0.2, 0) is 25.2 Å². The fourth-order valence-corrected chi connectivity index (χ4v) is 6.14. The lowest BCUT2D eigenvalue weighted by Crippen LogP contribution is -2.38. The van der Waals surface area contributed by atoms with Gasteiger partial charge < -0.3 is 25.3 Å². The third-order valence-corrected chi connectivity index (χ3v) is 8.19. The van der Waals surface area contributed by atoms with E-state index in [4.69, 9.17) is 30.2 Å². The molecule has 0 fully saturated rings. The molecule has 11 nitrogen and oxygen atoms in total. The number of imidazole rings is 1. The van der Waals surface area contributed by atoms with Crippen LogP contribution in [-0.4, -0.2) is 39.7 Å². The summed E-state index contributed by atoms with van der Waals surface area (Å²) in [5, 5.41) is 3.58. The normalized spacial score (nSPS) is 14.7. The van der Waals surface area contributed by atoms with E-state index in [-0.39, 0.29) is 12.6 Å². The predicted octanol–water partition coefficient (Wildman–Crippen LogP) is 5.10. The Morgan fingerprint density at radius 2 is 1.80 bits per heavy atom. The minimum absolute atomic E-state index is 0.0690. The zero-order valence-corrected chi connectivity index (χ0v) is 24.0. The molecule has 0 radical (unpaired) electrons. The van der Waals surface area contributed by atoms with Gasteiger partial charge in [0.05, 0.1) is 23.7 Å². The molecule has 0 aliphatic heterocycles. The molecule has 0 bridgehead atoms. The van der Waals surface area contributed by atoms with Gasteiger partial charge in [-0.25, -0.2) is 14.5 Å². The Morgan fingerprint density at radius 1 is 1.07 bits per heavy atom. The largest absolute Gasteiger partial charge is 0.459 e. The molecule has 4 aromatic rings. The molecule has 0 saturated carbocycles. The number of para-hydroxylation sites is 2. The number of ether oxygens (including phenoxy) is 1. The number of carbonyl (C=O) groups excluding carboxylic acids is 1. The molecular weight excluding hydrogens is 531 g/mol. The van der Waals surface area contributed by atoms with Crippen LogP contribution in [0.15, 0.2) is 54.6 Å². The van der Waals surface area contributed by atoms with Gasteiger partial charge in [-0.3, -0.25) is 9.32 Å². The van der Waals surface area contributed by atoms with Crippen molar-refractivity contribution in [2.75, 3.05) is 18.9 Å². The summed E-state index contributed by atoms with van der Waals surface area (Å²) in [4.78, 5) is 21.1. The maximum Gasteiger partial charge on any atom is 0.459 e. The van der Waals surface area contributed by atoms with E-state index in [1.54, 1.807) is 24.3 Å². The highest BCUT2D eigenvalue weighted by Crippen LogP contribution is 2.45. The van der Waals surface area contributed by atoms with Crippen molar-refractivity contribution in [3.05, 3.63) is 60.4 Å². The maximum absolute atomic E-state index is 13.7. The molecule has 12 heteroatoms. The molecule has 1 unspecified atom stereocenters. The third kappa shape index (κ3) is 6.79. The number of hydrogen-bond acceptors (Lipinski definition) is 8. The molecule has 0 aliphatic rings. The standard InChI is InChI=1S/C28H37N6O5P/c1-4-11-20(16-17-38-40(36,33-19(3)28(30)35)39-21-12-7-6-8-13-21)34-24(18-37-5-2)32-25-26(34)22-14-9-10-15-23(22)31-27(25)29/h6-10,12-15,19-20H,4-5,11,16-18H2,1-3H3,(H2,29,31)(H2,30,35)(H,33,36)/t19-,20+,40?/m0/s1. The fraction of sp³-hybridized carbons (Fsp3) is 0.393. The first-order valence-electron chi connectivity index (χ1n) is 13.4. The Kier molecular flexibility index (Phi) is 9.76. The van der Waals surface area contributed by atoms with E-state index < -0.39 is 19.7 Å². The molecule has 40 heavy (non-hydrogen) atoms. The van der Waals surface area contributed by atoms with Gasteiger partial charge in [-0.1, -0.05) is 49.7 Å².